The van der Waals surface area contributed by atoms with Crippen LogP contribution in [0.2, 0.25) is 0 Å². The van der Waals surface area contributed by atoms with Crippen LogP contribution in [0, 0.1) is 5.92 Å². The number of carboxylic acid groups (broad SMARTS) is 1. The third-order valence-electron chi connectivity index (χ3n) is 5.73. The summed E-state index contributed by atoms with van der Waals surface area (Å²) in [6, 6.07) is 16.9. The Hall–Kier alpha value is -3.06. The second kappa shape index (κ2) is 10.0. The van der Waals surface area contributed by atoms with Gasteiger partial charge >= 0.3 is 5.97 Å². The Balaban J connectivity index is 1.65. The standard InChI is InChI=1S/C25H26N2O4S/c1-17-8-5-6-13-21(17)27-24(30)22(32-25(27)26-19-10-3-2-4-11-19)15-18-9-7-12-20(14-18)31-16-23(28)29/h2-4,7,9-12,14-15,17,21H,5-6,8,13,16H2,1H3,(H,28,29)/b22-15-,26-25?/t17-,21-/m1/s1. The lowest BCUT2D eigenvalue weighted by molar-refractivity contribution is -0.139. The molecule has 0 bridgehead atoms. The number of carboxylic acids is 1. The molecule has 2 aromatic carbocycles. The van der Waals surface area contributed by atoms with Gasteiger partial charge in [0.15, 0.2) is 11.8 Å². The van der Waals surface area contributed by atoms with Crippen molar-refractivity contribution in [3.8, 4) is 5.75 Å². The molecule has 32 heavy (non-hydrogen) atoms. The molecular formula is C25H26N2O4S. The number of hydrogen-bond donors (Lipinski definition) is 1. The van der Waals surface area contributed by atoms with Crippen molar-refractivity contribution in [1.29, 1.82) is 0 Å². The van der Waals surface area contributed by atoms with Gasteiger partial charge in [-0.05, 0) is 66.4 Å². The molecule has 6 nitrogen and oxygen atoms in total. The van der Waals surface area contributed by atoms with Crippen LogP contribution in [0.25, 0.3) is 6.08 Å². The Bertz CT molecular complexity index is 1050. The van der Waals surface area contributed by atoms with Gasteiger partial charge in [-0.15, -0.1) is 0 Å². The molecule has 166 valence electrons. The summed E-state index contributed by atoms with van der Waals surface area (Å²) in [6.45, 7) is 1.81. The number of amides is 1. The molecule has 7 heteroatoms. The third-order valence-corrected chi connectivity index (χ3v) is 6.72. The average molecular weight is 451 g/mol. The number of thioether (sulfide) groups is 1. The van der Waals surface area contributed by atoms with E-state index in [0.29, 0.717) is 21.7 Å². The Morgan fingerprint density at radius 2 is 1.97 bits per heavy atom. The van der Waals surface area contributed by atoms with E-state index in [2.05, 4.69) is 6.92 Å². The Morgan fingerprint density at radius 3 is 2.72 bits per heavy atom. The zero-order chi connectivity index (χ0) is 22.5. The molecule has 1 N–H and O–H groups in total. The Morgan fingerprint density at radius 1 is 1.19 bits per heavy atom. The van der Waals surface area contributed by atoms with Crippen molar-refractivity contribution < 1.29 is 19.4 Å². The largest absolute Gasteiger partial charge is 0.482 e. The smallest absolute Gasteiger partial charge is 0.341 e. The van der Waals surface area contributed by atoms with Crippen LogP contribution < -0.4 is 4.74 Å². The molecule has 0 unspecified atom stereocenters. The molecule has 1 amide bonds. The lowest BCUT2D eigenvalue weighted by Gasteiger charge is -2.35. The molecule has 1 aliphatic carbocycles. The zero-order valence-electron chi connectivity index (χ0n) is 17.9. The van der Waals surface area contributed by atoms with E-state index in [4.69, 9.17) is 14.8 Å². The summed E-state index contributed by atoms with van der Waals surface area (Å²) in [5.41, 5.74) is 1.60. The number of hydrogen-bond acceptors (Lipinski definition) is 5. The maximum Gasteiger partial charge on any atom is 0.341 e. The quantitative estimate of drug-likeness (QED) is 0.602. The van der Waals surface area contributed by atoms with Gasteiger partial charge in [-0.3, -0.25) is 9.69 Å². The SMILES string of the molecule is C[C@@H]1CCCC[C@H]1N1C(=O)/C(=C/c2cccc(OCC(=O)O)c2)SC1=Nc1ccccc1. The van der Waals surface area contributed by atoms with Crippen LogP contribution in [0.5, 0.6) is 5.75 Å². The van der Waals surface area contributed by atoms with Gasteiger partial charge in [0.2, 0.25) is 0 Å². The predicted octanol–water partition coefficient (Wildman–Crippen LogP) is 5.33. The minimum absolute atomic E-state index is 0.0275. The van der Waals surface area contributed by atoms with E-state index in [9.17, 15) is 9.59 Å². The second-order valence-electron chi connectivity index (χ2n) is 8.10. The maximum atomic E-state index is 13.5. The highest BCUT2D eigenvalue weighted by atomic mass is 32.2. The fourth-order valence-electron chi connectivity index (χ4n) is 4.14. The lowest BCUT2D eigenvalue weighted by atomic mass is 9.85. The highest BCUT2D eigenvalue weighted by Crippen LogP contribution is 2.40. The minimum atomic E-state index is -1.03. The lowest BCUT2D eigenvalue weighted by Crippen LogP contribution is -2.44. The van der Waals surface area contributed by atoms with Crippen LogP contribution in [0.3, 0.4) is 0 Å². The third kappa shape index (κ3) is 5.22. The van der Waals surface area contributed by atoms with Crippen LogP contribution in [0.15, 0.2) is 64.5 Å². The predicted molar refractivity (Wildman–Crippen MR) is 127 cm³/mol. The molecule has 2 atom stereocenters. The van der Waals surface area contributed by atoms with Gasteiger partial charge in [-0.25, -0.2) is 9.79 Å². The summed E-state index contributed by atoms with van der Waals surface area (Å²) in [5, 5.41) is 9.54. The van der Waals surface area contributed by atoms with Crippen molar-refractivity contribution in [2.45, 2.75) is 38.6 Å². The fourth-order valence-corrected chi connectivity index (χ4v) is 5.19. The molecule has 0 aromatic heterocycles. The van der Waals surface area contributed by atoms with E-state index >= 15 is 0 Å². The van der Waals surface area contributed by atoms with Gasteiger partial charge in [0.25, 0.3) is 5.91 Å². The van der Waals surface area contributed by atoms with E-state index in [1.54, 1.807) is 18.2 Å². The van der Waals surface area contributed by atoms with E-state index in [0.717, 1.165) is 30.5 Å². The van der Waals surface area contributed by atoms with Crippen molar-refractivity contribution in [1.82, 2.24) is 4.90 Å². The van der Waals surface area contributed by atoms with Crippen LogP contribution in [0.1, 0.15) is 38.2 Å². The highest BCUT2D eigenvalue weighted by molar-refractivity contribution is 8.18. The monoisotopic (exact) mass is 450 g/mol. The van der Waals surface area contributed by atoms with Gasteiger partial charge < -0.3 is 9.84 Å². The van der Waals surface area contributed by atoms with Crippen LogP contribution in [-0.2, 0) is 9.59 Å². The van der Waals surface area contributed by atoms with Crippen LogP contribution >= 0.6 is 11.8 Å². The molecule has 0 spiro atoms. The first-order valence-corrected chi connectivity index (χ1v) is 11.6. The molecule has 1 saturated heterocycles. The van der Waals surface area contributed by atoms with E-state index in [1.807, 2.05) is 47.4 Å². The van der Waals surface area contributed by atoms with E-state index in [-0.39, 0.29) is 11.9 Å². The number of aliphatic carboxylic acids is 1. The number of carbonyl (C=O) groups excluding carboxylic acids is 1. The molecular weight excluding hydrogens is 424 g/mol. The Labute approximate surface area is 192 Å². The first-order valence-electron chi connectivity index (χ1n) is 10.8. The molecule has 1 saturated carbocycles. The molecule has 0 radical (unpaired) electrons. The van der Waals surface area contributed by atoms with Gasteiger partial charge in [0.05, 0.1) is 10.6 Å². The number of nitrogens with zero attached hydrogens (tertiary/aromatic N) is 2. The molecule has 1 aliphatic heterocycles. The van der Waals surface area contributed by atoms with Crippen molar-refractivity contribution in [2.75, 3.05) is 6.61 Å². The number of carbonyl (C=O) groups is 2. The van der Waals surface area contributed by atoms with Crippen molar-refractivity contribution >= 4 is 40.6 Å². The summed E-state index contributed by atoms with van der Waals surface area (Å²) in [7, 11) is 0. The van der Waals surface area contributed by atoms with Crippen LogP contribution in [0.4, 0.5) is 5.69 Å². The number of aliphatic imine (C=N–C) groups is 1. The average Bonchev–Trinajstić information content (AvgIpc) is 3.08. The zero-order valence-corrected chi connectivity index (χ0v) is 18.8. The summed E-state index contributed by atoms with van der Waals surface area (Å²) in [5.74, 6) is -0.191. The van der Waals surface area contributed by atoms with Crippen molar-refractivity contribution in [2.24, 2.45) is 10.9 Å². The molecule has 1 heterocycles. The number of ether oxygens (including phenoxy) is 1. The summed E-state index contributed by atoms with van der Waals surface area (Å²) in [6.07, 6.45) is 6.23. The topological polar surface area (TPSA) is 79.2 Å². The summed E-state index contributed by atoms with van der Waals surface area (Å²) in [4.78, 5) is 31.6. The number of benzene rings is 2. The minimum Gasteiger partial charge on any atom is -0.482 e. The van der Waals surface area contributed by atoms with E-state index in [1.165, 1.54) is 18.2 Å². The summed E-state index contributed by atoms with van der Waals surface area (Å²) >= 11 is 1.39. The van der Waals surface area contributed by atoms with Gasteiger partial charge in [-0.1, -0.05) is 50.1 Å². The summed E-state index contributed by atoms with van der Waals surface area (Å²) < 4.78 is 5.28. The number of rotatable bonds is 6. The second-order valence-corrected chi connectivity index (χ2v) is 9.11. The van der Waals surface area contributed by atoms with Crippen molar-refractivity contribution in [3.05, 3.63) is 65.1 Å². The van der Waals surface area contributed by atoms with Gasteiger partial charge in [0, 0.05) is 6.04 Å². The first kappa shape index (κ1) is 22.1. The molecule has 4 rings (SSSR count). The van der Waals surface area contributed by atoms with E-state index < -0.39 is 12.6 Å². The number of amidine groups is 1. The van der Waals surface area contributed by atoms with Gasteiger partial charge in [-0.2, -0.15) is 0 Å². The normalized spacial score (nSPS) is 23.7. The highest BCUT2D eigenvalue weighted by Gasteiger charge is 2.41. The van der Waals surface area contributed by atoms with Crippen LogP contribution in [-0.4, -0.2) is 39.7 Å². The molecule has 2 aromatic rings. The Kier molecular flexibility index (Phi) is 6.95. The van der Waals surface area contributed by atoms with Gasteiger partial charge in [0.1, 0.15) is 5.75 Å². The maximum absolute atomic E-state index is 13.5. The fraction of sp³-hybridized carbons (Fsp3) is 0.320. The first-order chi connectivity index (χ1) is 15.5. The van der Waals surface area contributed by atoms with Crippen molar-refractivity contribution in [3.63, 3.8) is 0 Å². The number of para-hydroxylation sites is 1. The molecule has 2 fully saturated rings. The molecule has 2 aliphatic rings.